The van der Waals surface area contributed by atoms with E-state index in [2.05, 4.69) is 9.72 Å². The average Bonchev–Trinajstić information content (AvgIpc) is 2.29. The predicted molar refractivity (Wildman–Crippen MR) is 69.2 cm³/mol. The van der Waals surface area contributed by atoms with Gasteiger partial charge in [-0.15, -0.1) is 24.8 Å². The van der Waals surface area contributed by atoms with E-state index in [0.29, 0.717) is 0 Å². The molecule has 0 atom stereocenters. The van der Waals surface area contributed by atoms with Crippen LogP contribution >= 0.6 is 34.2 Å². The van der Waals surface area contributed by atoms with Crippen molar-refractivity contribution in [3.05, 3.63) is 21.0 Å². The second-order valence-electron chi connectivity index (χ2n) is 3.17. The van der Waals surface area contributed by atoms with Crippen LogP contribution in [0.2, 0.25) is 0 Å². The molecule has 0 aliphatic heterocycles. The van der Waals surface area contributed by atoms with Gasteiger partial charge in [-0.05, 0) is 35.6 Å². The van der Waals surface area contributed by atoms with Crippen LogP contribution in [0.3, 0.4) is 0 Å². The minimum Gasteiger partial charge on any atom is -0.462 e. The summed E-state index contributed by atoms with van der Waals surface area (Å²) in [6.45, 7) is 1.66. The Kier molecular flexibility index (Phi) is 5.65. The Morgan fingerprint density at radius 1 is 1.53 bits per heavy atom. The molecule has 0 saturated carbocycles. The van der Waals surface area contributed by atoms with Gasteiger partial charge in [0.15, 0.2) is 5.75 Å². The molecule has 4 nitrogen and oxygen atoms in total. The number of halogens is 5. The smallest absolute Gasteiger partial charge is 0.462 e. The SMILES string of the molecule is CCOC(=O)c1cc(OC(F)(F)F)c(I)nc1CCl. The standard InChI is InChI=1S/C10H8ClF3INO3/c1-2-18-9(17)5-3-7(19-10(12,13)14)8(15)16-6(5)4-11/h3H,2,4H2,1H3. The number of carbonyl (C=O) groups is 1. The number of pyridine rings is 1. The number of hydrogen-bond donors (Lipinski definition) is 0. The summed E-state index contributed by atoms with van der Waals surface area (Å²) in [5.74, 6) is -1.49. The highest BCUT2D eigenvalue weighted by Gasteiger charge is 2.33. The van der Waals surface area contributed by atoms with E-state index in [-0.39, 0.29) is 27.4 Å². The molecule has 19 heavy (non-hydrogen) atoms. The Labute approximate surface area is 125 Å². The van der Waals surface area contributed by atoms with Crippen LogP contribution in [0.4, 0.5) is 13.2 Å². The number of nitrogens with zero attached hydrogens (tertiary/aromatic N) is 1. The quantitative estimate of drug-likeness (QED) is 0.331. The number of ether oxygens (including phenoxy) is 2. The van der Waals surface area contributed by atoms with Crippen molar-refractivity contribution in [1.82, 2.24) is 4.98 Å². The highest BCUT2D eigenvalue weighted by molar-refractivity contribution is 14.1. The van der Waals surface area contributed by atoms with Gasteiger partial charge < -0.3 is 9.47 Å². The summed E-state index contributed by atoms with van der Waals surface area (Å²) in [4.78, 5) is 15.4. The molecule has 0 unspecified atom stereocenters. The maximum absolute atomic E-state index is 12.2. The van der Waals surface area contributed by atoms with Gasteiger partial charge in [0, 0.05) is 0 Å². The summed E-state index contributed by atoms with van der Waals surface area (Å²) >= 11 is 7.16. The van der Waals surface area contributed by atoms with Gasteiger partial charge in [-0.2, -0.15) is 0 Å². The molecule has 0 N–H and O–H groups in total. The van der Waals surface area contributed by atoms with E-state index < -0.39 is 18.1 Å². The maximum Gasteiger partial charge on any atom is 0.573 e. The first-order chi connectivity index (χ1) is 8.78. The second-order valence-corrected chi connectivity index (χ2v) is 4.46. The van der Waals surface area contributed by atoms with E-state index in [1.54, 1.807) is 29.5 Å². The molecule has 0 aliphatic rings. The lowest BCUT2D eigenvalue weighted by Crippen LogP contribution is -2.19. The van der Waals surface area contributed by atoms with Crippen molar-refractivity contribution in [2.75, 3.05) is 6.61 Å². The predicted octanol–water partition coefficient (Wildman–Crippen LogP) is 3.50. The Morgan fingerprint density at radius 2 is 2.16 bits per heavy atom. The topological polar surface area (TPSA) is 48.4 Å². The van der Waals surface area contributed by atoms with Gasteiger partial charge in [-0.1, -0.05) is 0 Å². The van der Waals surface area contributed by atoms with Gasteiger partial charge in [0.1, 0.15) is 3.70 Å². The summed E-state index contributed by atoms with van der Waals surface area (Å²) in [7, 11) is 0. The molecule has 0 amide bonds. The van der Waals surface area contributed by atoms with E-state index in [1.165, 1.54) is 0 Å². The fourth-order valence-electron chi connectivity index (χ4n) is 1.19. The molecule has 1 aromatic heterocycles. The third-order valence-electron chi connectivity index (χ3n) is 1.87. The first kappa shape index (κ1) is 16.3. The number of esters is 1. The van der Waals surface area contributed by atoms with Crippen molar-refractivity contribution in [3.63, 3.8) is 0 Å². The third-order valence-corrected chi connectivity index (χ3v) is 2.90. The zero-order valence-corrected chi connectivity index (χ0v) is 12.5. The first-order valence-corrected chi connectivity index (χ1v) is 6.58. The minimum absolute atomic E-state index is 0.0429. The largest absolute Gasteiger partial charge is 0.573 e. The van der Waals surface area contributed by atoms with Crippen molar-refractivity contribution in [1.29, 1.82) is 0 Å². The number of rotatable bonds is 4. The number of aromatic nitrogens is 1. The molecule has 106 valence electrons. The van der Waals surface area contributed by atoms with Crippen LogP contribution in [-0.2, 0) is 10.6 Å². The molecule has 0 saturated heterocycles. The molecule has 1 aromatic rings. The molecule has 0 aromatic carbocycles. The van der Waals surface area contributed by atoms with E-state index >= 15 is 0 Å². The lowest BCUT2D eigenvalue weighted by molar-refractivity contribution is -0.275. The molecule has 0 aliphatic carbocycles. The van der Waals surface area contributed by atoms with E-state index in [4.69, 9.17) is 16.3 Å². The van der Waals surface area contributed by atoms with Gasteiger partial charge in [0.2, 0.25) is 0 Å². The Morgan fingerprint density at radius 3 is 2.63 bits per heavy atom. The highest BCUT2D eigenvalue weighted by Crippen LogP contribution is 2.29. The summed E-state index contributed by atoms with van der Waals surface area (Å²) in [5.41, 5.74) is -0.00411. The fourth-order valence-corrected chi connectivity index (χ4v) is 1.95. The van der Waals surface area contributed by atoms with Gasteiger partial charge in [0.05, 0.1) is 23.7 Å². The molecule has 9 heteroatoms. The fraction of sp³-hybridized carbons (Fsp3) is 0.400. The molecule has 1 rings (SSSR count). The number of carbonyl (C=O) groups excluding carboxylic acids is 1. The van der Waals surface area contributed by atoms with Crippen LogP contribution in [0.1, 0.15) is 23.0 Å². The van der Waals surface area contributed by atoms with Gasteiger partial charge in [-0.25, -0.2) is 9.78 Å². The lowest BCUT2D eigenvalue weighted by atomic mass is 10.2. The van der Waals surface area contributed by atoms with E-state index in [1.807, 2.05) is 0 Å². The zero-order valence-electron chi connectivity index (χ0n) is 9.55. The lowest BCUT2D eigenvalue weighted by Gasteiger charge is -2.13. The summed E-state index contributed by atoms with van der Waals surface area (Å²) in [6.07, 6.45) is -4.87. The Hall–Kier alpha value is -0.770. The monoisotopic (exact) mass is 409 g/mol. The number of hydrogen-bond acceptors (Lipinski definition) is 4. The van der Waals surface area contributed by atoms with Gasteiger partial charge in [-0.3, -0.25) is 0 Å². The highest BCUT2D eigenvalue weighted by atomic mass is 127. The summed E-state index contributed by atoms with van der Waals surface area (Å²) < 4.78 is 45.0. The second kappa shape index (κ2) is 6.60. The Balaban J connectivity index is 3.21. The van der Waals surface area contributed by atoms with Crippen molar-refractivity contribution >= 4 is 40.2 Å². The number of alkyl halides is 4. The van der Waals surface area contributed by atoms with Crippen LogP contribution in [0, 0.1) is 3.70 Å². The Bertz CT molecular complexity index is 482. The van der Waals surface area contributed by atoms with Crippen LogP contribution in [0.5, 0.6) is 5.75 Å². The summed E-state index contributed by atoms with van der Waals surface area (Å²) in [5, 5.41) is 0. The van der Waals surface area contributed by atoms with Crippen molar-refractivity contribution in [2.24, 2.45) is 0 Å². The molecule has 1 heterocycles. The van der Waals surface area contributed by atoms with E-state index in [9.17, 15) is 18.0 Å². The van der Waals surface area contributed by atoms with Crippen molar-refractivity contribution < 1.29 is 27.4 Å². The average molecular weight is 410 g/mol. The molecule has 0 spiro atoms. The molecular formula is C10H8ClF3INO3. The van der Waals surface area contributed by atoms with Gasteiger partial charge >= 0.3 is 12.3 Å². The molecule has 0 radical (unpaired) electrons. The van der Waals surface area contributed by atoms with E-state index in [0.717, 1.165) is 6.07 Å². The molecular weight excluding hydrogens is 401 g/mol. The van der Waals surface area contributed by atoms with Crippen LogP contribution < -0.4 is 4.74 Å². The van der Waals surface area contributed by atoms with Crippen LogP contribution in [-0.4, -0.2) is 23.9 Å². The van der Waals surface area contributed by atoms with Crippen molar-refractivity contribution in [2.45, 2.75) is 19.2 Å². The first-order valence-electron chi connectivity index (χ1n) is 4.96. The maximum atomic E-state index is 12.2. The zero-order chi connectivity index (χ0) is 14.6. The third kappa shape index (κ3) is 4.68. The van der Waals surface area contributed by atoms with Crippen LogP contribution in [0.15, 0.2) is 6.07 Å². The normalized spacial score (nSPS) is 11.3. The molecule has 0 fully saturated rings. The summed E-state index contributed by atoms with van der Waals surface area (Å²) in [6, 6.07) is 0.929. The van der Waals surface area contributed by atoms with Gasteiger partial charge in [0.25, 0.3) is 0 Å². The minimum atomic E-state index is -4.87. The molecule has 0 bridgehead atoms. The van der Waals surface area contributed by atoms with Crippen LogP contribution in [0.25, 0.3) is 0 Å². The van der Waals surface area contributed by atoms with Crippen molar-refractivity contribution in [3.8, 4) is 5.75 Å².